The van der Waals surface area contributed by atoms with Crippen molar-refractivity contribution in [1.82, 2.24) is 5.43 Å². The maximum atomic E-state index is 5.44. The van der Waals surface area contributed by atoms with Gasteiger partial charge in [-0.25, -0.2) is 5.84 Å². The van der Waals surface area contributed by atoms with Crippen LogP contribution >= 0.6 is 15.9 Å². The number of hydrazine groups is 1. The Hall–Kier alpha value is -1.07. The Bertz CT molecular complexity index is 392. The summed E-state index contributed by atoms with van der Waals surface area (Å²) >= 11 is 3.47. The standard InChI is InChI=1S/C12H19BrN4/c1-4-5-15-12(17-14)16-11-8(2)6-10(13)7-9(11)3/h6-7H,4-5,14H2,1-3H3,(H2,15,16,17). The molecule has 4 nitrogen and oxygen atoms in total. The molecule has 5 heteroatoms. The summed E-state index contributed by atoms with van der Waals surface area (Å²) in [5.74, 6) is 6.04. The summed E-state index contributed by atoms with van der Waals surface area (Å²) in [7, 11) is 0. The third-order valence-corrected chi connectivity index (χ3v) is 2.83. The van der Waals surface area contributed by atoms with Crippen molar-refractivity contribution in [3.05, 3.63) is 27.7 Å². The second-order valence-corrected chi connectivity index (χ2v) is 4.83. The molecule has 0 fully saturated rings. The predicted octanol–water partition coefficient (Wildman–Crippen LogP) is 2.71. The Morgan fingerprint density at radius 1 is 1.35 bits per heavy atom. The lowest BCUT2D eigenvalue weighted by molar-refractivity contribution is 0.905. The minimum Gasteiger partial charge on any atom is -0.325 e. The first-order chi connectivity index (χ1) is 8.08. The first-order valence-electron chi connectivity index (χ1n) is 5.63. The average molecular weight is 299 g/mol. The van der Waals surface area contributed by atoms with E-state index in [1.165, 1.54) is 0 Å². The van der Waals surface area contributed by atoms with Gasteiger partial charge in [-0.2, -0.15) is 0 Å². The Morgan fingerprint density at radius 3 is 2.41 bits per heavy atom. The molecule has 1 rings (SSSR count). The third-order valence-electron chi connectivity index (χ3n) is 2.37. The summed E-state index contributed by atoms with van der Waals surface area (Å²) in [4.78, 5) is 4.32. The number of hydrogen-bond acceptors (Lipinski definition) is 2. The Morgan fingerprint density at radius 2 is 1.94 bits per heavy atom. The molecule has 0 radical (unpaired) electrons. The molecular weight excluding hydrogens is 280 g/mol. The number of hydrogen-bond donors (Lipinski definition) is 3. The number of rotatable bonds is 3. The fraction of sp³-hybridized carbons (Fsp3) is 0.417. The fourth-order valence-electron chi connectivity index (χ4n) is 1.57. The lowest BCUT2D eigenvalue weighted by Crippen LogP contribution is -2.36. The molecule has 0 heterocycles. The molecule has 0 amide bonds. The van der Waals surface area contributed by atoms with Crippen LogP contribution < -0.4 is 16.6 Å². The molecule has 0 aliphatic heterocycles. The molecule has 94 valence electrons. The smallest absolute Gasteiger partial charge is 0.210 e. The molecule has 0 aliphatic carbocycles. The van der Waals surface area contributed by atoms with Crippen molar-refractivity contribution in [3.63, 3.8) is 0 Å². The zero-order chi connectivity index (χ0) is 12.8. The van der Waals surface area contributed by atoms with Gasteiger partial charge in [-0.3, -0.25) is 10.4 Å². The first kappa shape index (κ1) is 14.0. The van der Waals surface area contributed by atoms with Crippen molar-refractivity contribution in [1.29, 1.82) is 0 Å². The number of nitrogens with two attached hydrogens (primary N) is 1. The molecule has 0 aromatic heterocycles. The van der Waals surface area contributed by atoms with E-state index in [0.29, 0.717) is 5.96 Å². The number of guanidine groups is 1. The van der Waals surface area contributed by atoms with E-state index in [1.807, 2.05) is 13.8 Å². The van der Waals surface area contributed by atoms with E-state index in [0.717, 1.165) is 34.3 Å². The number of nitrogens with zero attached hydrogens (tertiary/aromatic N) is 1. The lowest BCUT2D eigenvalue weighted by atomic mass is 10.1. The Labute approximate surface area is 111 Å². The van der Waals surface area contributed by atoms with Gasteiger partial charge in [0.15, 0.2) is 0 Å². The van der Waals surface area contributed by atoms with Gasteiger partial charge in [-0.05, 0) is 43.5 Å². The molecule has 4 N–H and O–H groups in total. The van der Waals surface area contributed by atoms with Crippen molar-refractivity contribution >= 4 is 27.6 Å². The summed E-state index contributed by atoms with van der Waals surface area (Å²) in [6, 6.07) is 4.12. The van der Waals surface area contributed by atoms with Gasteiger partial charge in [0.25, 0.3) is 0 Å². The largest absolute Gasteiger partial charge is 0.325 e. The topological polar surface area (TPSA) is 62.4 Å². The van der Waals surface area contributed by atoms with Gasteiger partial charge in [-0.1, -0.05) is 22.9 Å². The minimum absolute atomic E-state index is 0.598. The second kappa shape index (κ2) is 6.61. The fourth-order valence-corrected chi connectivity index (χ4v) is 2.26. The number of aliphatic imine (C=N–C) groups is 1. The molecule has 0 unspecified atom stereocenters. The van der Waals surface area contributed by atoms with Gasteiger partial charge in [0, 0.05) is 16.7 Å². The quantitative estimate of drug-likeness (QED) is 0.348. The van der Waals surface area contributed by atoms with Crippen LogP contribution in [0.5, 0.6) is 0 Å². The van der Waals surface area contributed by atoms with Crippen molar-refractivity contribution in [3.8, 4) is 0 Å². The van der Waals surface area contributed by atoms with Crippen LogP contribution in [0, 0.1) is 13.8 Å². The normalized spacial score (nSPS) is 11.5. The number of anilines is 1. The van der Waals surface area contributed by atoms with Gasteiger partial charge in [0.1, 0.15) is 0 Å². The van der Waals surface area contributed by atoms with Gasteiger partial charge < -0.3 is 5.32 Å². The summed E-state index contributed by atoms with van der Waals surface area (Å²) in [6.45, 7) is 6.93. The van der Waals surface area contributed by atoms with E-state index in [2.05, 4.69) is 50.7 Å². The van der Waals surface area contributed by atoms with E-state index >= 15 is 0 Å². The van der Waals surface area contributed by atoms with Crippen LogP contribution in [0.2, 0.25) is 0 Å². The average Bonchev–Trinajstić information content (AvgIpc) is 2.27. The molecule has 1 aromatic carbocycles. The SMILES string of the molecule is CCCN=C(NN)Nc1c(C)cc(Br)cc1C. The summed E-state index contributed by atoms with van der Waals surface area (Å²) in [5, 5.41) is 3.22. The monoisotopic (exact) mass is 298 g/mol. The van der Waals surface area contributed by atoms with Crippen molar-refractivity contribution < 1.29 is 0 Å². The highest BCUT2D eigenvalue weighted by Crippen LogP contribution is 2.24. The number of nitrogens with one attached hydrogen (secondary N) is 2. The van der Waals surface area contributed by atoms with Gasteiger partial charge in [-0.15, -0.1) is 0 Å². The molecule has 1 aromatic rings. The second-order valence-electron chi connectivity index (χ2n) is 3.91. The van der Waals surface area contributed by atoms with Crippen LogP contribution in [0.4, 0.5) is 5.69 Å². The summed E-state index contributed by atoms with van der Waals surface area (Å²) < 4.78 is 1.07. The number of aryl methyl sites for hydroxylation is 2. The molecule has 0 spiro atoms. The molecule has 17 heavy (non-hydrogen) atoms. The number of halogens is 1. The molecule has 0 aliphatic rings. The molecule has 0 bridgehead atoms. The molecular formula is C12H19BrN4. The highest BCUT2D eigenvalue weighted by molar-refractivity contribution is 9.10. The van der Waals surface area contributed by atoms with Gasteiger partial charge in [0.05, 0.1) is 0 Å². The molecule has 0 saturated carbocycles. The zero-order valence-corrected chi connectivity index (χ0v) is 12.1. The van der Waals surface area contributed by atoms with E-state index in [4.69, 9.17) is 5.84 Å². The highest BCUT2D eigenvalue weighted by Gasteiger charge is 2.06. The zero-order valence-electron chi connectivity index (χ0n) is 10.5. The summed E-state index contributed by atoms with van der Waals surface area (Å²) in [6.07, 6.45) is 0.991. The highest BCUT2D eigenvalue weighted by atomic mass is 79.9. The minimum atomic E-state index is 0.598. The van der Waals surface area contributed by atoms with Gasteiger partial charge in [0.2, 0.25) is 5.96 Å². The van der Waals surface area contributed by atoms with Gasteiger partial charge >= 0.3 is 0 Å². The Balaban J connectivity index is 2.94. The van der Waals surface area contributed by atoms with Crippen molar-refractivity contribution in [2.24, 2.45) is 10.8 Å². The maximum Gasteiger partial charge on any atom is 0.210 e. The van der Waals surface area contributed by atoms with Crippen molar-refractivity contribution in [2.45, 2.75) is 27.2 Å². The maximum absolute atomic E-state index is 5.44. The van der Waals surface area contributed by atoms with Crippen LogP contribution in [0.15, 0.2) is 21.6 Å². The van der Waals surface area contributed by atoms with E-state index < -0.39 is 0 Å². The van der Waals surface area contributed by atoms with E-state index in [1.54, 1.807) is 0 Å². The third kappa shape index (κ3) is 4.02. The van der Waals surface area contributed by atoms with E-state index in [-0.39, 0.29) is 0 Å². The van der Waals surface area contributed by atoms with Crippen LogP contribution in [-0.4, -0.2) is 12.5 Å². The summed E-state index contributed by atoms with van der Waals surface area (Å²) in [5.41, 5.74) is 5.92. The predicted molar refractivity (Wildman–Crippen MR) is 77.2 cm³/mol. The first-order valence-corrected chi connectivity index (χ1v) is 6.42. The van der Waals surface area contributed by atoms with Crippen LogP contribution in [0.1, 0.15) is 24.5 Å². The van der Waals surface area contributed by atoms with Crippen LogP contribution in [0.3, 0.4) is 0 Å². The molecule has 0 saturated heterocycles. The lowest BCUT2D eigenvalue weighted by Gasteiger charge is -2.14. The van der Waals surface area contributed by atoms with E-state index in [9.17, 15) is 0 Å². The number of benzene rings is 1. The van der Waals surface area contributed by atoms with Crippen LogP contribution in [0.25, 0.3) is 0 Å². The van der Waals surface area contributed by atoms with Crippen LogP contribution in [-0.2, 0) is 0 Å². The Kier molecular flexibility index (Phi) is 5.44. The molecule has 0 atom stereocenters. The van der Waals surface area contributed by atoms with Crippen molar-refractivity contribution in [2.75, 3.05) is 11.9 Å².